The number of hydrogen-bond donors (Lipinski definition) is 1. The fourth-order valence-corrected chi connectivity index (χ4v) is 2.27. The Morgan fingerprint density at radius 3 is 2.55 bits per heavy atom. The first-order valence-corrected chi connectivity index (χ1v) is 6.81. The molecule has 0 radical (unpaired) electrons. The van der Waals surface area contributed by atoms with Crippen LogP contribution in [0.3, 0.4) is 0 Å². The van der Waals surface area contributed by atoms with Crippen molar-refractivity contribution in [2.24, 2.45) is 5.73 Å². The molecule has 2 aromatic carbocycles. The maximum atomic E-state index is 14.0. The summed E-state index contributed by atoms with van der Waals surface area (Å²) in [5, 5.41) is 0. The fourth-order valence-electron chi connectivity index (χ4n) is 2.27. The molecule has 0 aromatic heterocycles. The topological polar surface area (TPSA) is 35.2 Å². The van der Waals surface area contributed by atoms with Gasteiger partial charge in [0.25, 0.3) is 0 Å². The van der Waals surface area contributed by atoms with Gasteiger partial charge in [0.2, 0.25) is 0 Å². The van der Waals surface area contributed by atoms with Gasteiger partial charge in [0, 0.05) is 6.04 Å². The lowest BCUT2D eigenvalue weighted by molar-refractivity contribution is 0.383. The van der Waals surface area contributed by atoms with Crippen molar-refractivity contribution >= 4 is 0 Å². The lowest BCUT2D eigenvalue weighted by Crippen LogP contribution is -2.23. The molecule has 0 saturated carbocycles. The monoisotopic (exact) mass is 273 g/mol. The summed E-state index contributed by atoms with van der Waals surface area (Å²) >= 11 is 0. The molecule has 0 heterocycles. The smallest absolute Gasteiger partial charge is 0.168 e. The van der Waals surface area contributed by atoms with E-state index in [9.17, 15) is 4.39 Å². The fraction of sp³-hybridized carbons (Fsp3) is 0.294. The molecular formula is C17H20FNO. The third-order valence-electron chi connectivity index (χ3n) is 3.39. The first-order valence-electron chi connectivity index (χ1n) is 6.81. The zero-order valence-electron chi connectivity index (χ0n) is 11.7. The summed E-state index contributed by atoms with van der Waals surface area (Å²) < 4.78 is 19.0. The third-order valence-corrected chi connectivity index (χ3v) is 3.39. The Hall–Kier alpha value is -1.87. The molecule has 0 spiro atoms. The maximum absolute atomic E-state index is 14.0. The molecule has 0 fully saturated rings. The normalized spacial score (nSPS) is 12.2. The lowest BCUT2D eigenvalue weighted by atomic mass is 9.99. The average molecular weight is 273 g/mol. The Bertz CT molecular complexity index is 542. The SMILES string of the molecule is COc1cccc(CCC(N)Cc2ccccc2)c1F. The number of benzene rings is 2. The van der Waals surface area contributed by atoms with Gasteiger partial charge in [-0.15, -0.1) is 0 Å². The number of methoxy groups -OCH3 is 1. The van der Waals surface area contributed by atoms with Gasteiger partial charge in [-0.05, 0) is 36.5 Å². The highest BCUT2D eigenvalue weighted by Crippen LogP contribution is 2.21. The molecule has 0 saturated heterocycles. The minimum Gasteiger partial charge on any atom is -0.494 e. The van der Waals surface area contributed by atoms with Crippen molar-refractivity contribution in [3.8, 4) is 5.75 Å². The lowest BCUT2D eigenvalue weighted by Gasteiger charge is -2.13. The number of aryl methyl sites for hydroxylation is 1. The van der Waals surface area contributed by atoms with E-state index < -0.39 is 0 Å². The van der Waals surface area contributed by atoms with E-state index in [1.165, 1.54) is 12.7 Å². The van der Waals surface area contributed by atoms with Crippen LogP contribution in [0.2, 0.25) is 0 Å². The van der Waals surface area contributed by atoms with Crippen LogP contribution < -0.4 is 10.5 Å². The third kappa shape index (κ3) is 3.81. The van der Waals surface area contributed by atoms with Gasteiger partial charge in [-0.25, -0.2) is 4.39 Å². The van der Waals surface area contributed by atoms with E-state index in [1.54, 1.807) is 18.2 Å². The highest BCUT2D eigenvalue weighted by molar-refractivity contribution is 5.31. The second-order valence-electron chi connectivity index (χ2n) is 4.92. The Labute approximate surface area is 119 Å². The summed E-state index contributed by atoms with van der Waals surface area (Å²) in [6, 6.07) is 15.4. The first-order chi connectivity index (χ1) is 9.70. The van der Waals surface area contributed by atoms with Gasteiger partial charge in [0.1, 0.15) is 0 Å². The van der Waals surface area contributed by atoms with E-state index in [2.05, 4.69) is 12.1 Å². The molecule has 0 bridgehead atoms. The van der Waals surface area contributed by atoms with Crippen LogP contribution >= 0.6 is 0 Å². The molecular weight excluding hydrogens is 253 g/mol. The summed E-state index contributed by atoms with van der Waals surface area (Å²) in [6.45, 7) is 0. The van der Waals surface area contributed by atoms with E-state index in [0.717, 1.165) is 12.8 Å². The van der Waals surface area contributed by atoms with Gasteiger partial charge in [-0.1, -0.05) is 42.5 Å². The van der Waals surface area contributed by atoms with Crippen molar-refractivity contribution in [2.45, 2.75) is 25.3 Å². The van der Waals surface area contributed by atoms with E-state index in [4.69, 9.17) is 10.5 Å². The number of hydrogen-bond acceptors (Lipinski definition) is 2. The molecule has 106 valence electrons. The molecule has 2 nitrogen and oxygen atoms in total. The van der Waals surface area contributed by atoms with Crippen LogP contribution in [0, 0.1) is 5.82 Å². The number of nitrogens with two attached hydrogens (primary N) is 1. The van der Waals surface area contributed by atoms with Crippen molar-refractivity contribution in [3.63, 3.8) is 0 Å². The first kappa shape index (κ1) is 14.5. The van der Waals surface area contributed by atoms with Gasteiger partial charge < -0.3 is 10.5 Å². The highest BCUT2D eigenvalue weighted by atomic mass is 19.1. The zero-order chi connectivity index (χ0) is 14.4. The van der Waals surface area contributed by atoms with Gasteiger partial charge >= 0.3 is 0 Å². The van der Waals surface area contributed by atoms with E-state index in [0.29, 0.717) is 17.7 Å². The maximum Gasteiger partial charge on any atom is 0.168 e. The van der Waals surface area contributed by atoms with Crippen molar-refractivity contribution in [1.82, 2.24) is 0 Å². The van der Waals surface area contributed by atoms with E-state index in [-0.39, 0.29) is 11.9 Å². The molecule has 1 atom stereocenters. The van der Waals surface area contributed by atoms with Crippen LogP contribution in [0.25, 0.3) is 0 Å². The van der Waals surface area contributed by atoms with Crippen molar-refractivity contribution in [3.05, 3.63) is 65.5 Å². The summed E-state index contributed by atoms with van der Waals surface area (Å²) in [6.07, 6.45) is 2.18. The highest BCUT2D eigenvalue weighted by Gasteiger charge is 2.10. The van der Waals surface area contributed by atoms with Crippen LogP contribution in [-0.4, -0.2) is 13.2 Å². The van der Waals surface area contributed by atoms with Crippen molar-refractivity contribution in [2.75, 3.05) is 7.11 Å². The van der Waals surface area contributed by atoms with Gasteiger partial charge in [-0.2, -0.15) is 0 Å². The molecule has 0 amide bonds. The molecule has 2 rings (SSSR count). The Morgan fingerprint density at radius 1 is 1.10 bits per heavy atom. The predicted molar refractivity (Wildman–Crippen MR) is 79.4 cm³/mol. The molecule has 2 N–H and O–H groups in total. The van der Waals surface area contributed by atoms with Crippen LogP contribution in [0.1, 0.15) is 17.5 Å². The molecule has 0 aliphatic carbocycles. The van der Waals surface area contributed by atoms with Crippen LogP contribution in [-0.2, 0) is 12.8 Å². The molecule has 3 heteroatoms. The van der Waals surface area contributed by atoms with Crippen LogP contribution in [0.4, 0.5) is 4.39 Å². The number of halogens is 1. The van der Waals surface area contributed by atoms with Gasteiger partial charge in [-0.3, -0.25) is 0 Å². The molecule has 0 aliphatic rings. The molecule has 20 heavy (non-hydrogen) atoms. The van der Waals surface area contributed by atoms with Gasteiger partial charge in [0.15, 0.2) is 11.6 Å². The average Bonchev–Trinajstić information content (AvgIpc) is 2.47. The quantitative estimate of drug-likeness (QED) is 0.876. The summed E-state index contributed by atoms with van der Waals surface area (Å²) in [5.41, 5.74) is 7.99. The van der Waals surface area contributed by atoms with Gasteiger partial charge in [0.05, 0.1) is 7.11 Å². The Balaban J connectivity index is 1.92. The van der Waals surface area contributed by atoms with Crippen LogP contribution in [0.15, 0.2) is 48.5 Å². The zero-order valence-corrected chi connectivity index (χ0v) is 11.7. The Kier molecular flexibility index (Phi) is 5.13. The van der Waals surface area contributed by atoms with E-state index in [1.807, 2.05) is 18.2 Å². The second-order valence-corrected chi connectivity index (χ2v) is 4.92. The summed E-state index contributed by atoms with van der Waals surface area (Å²) in [4.78, 5) is 0. The molecule has 1 unspecified atom stereocenters. The molecule has 0 aliphatic heterocycles. The largest absolute Gasteiger partial charge is 0.494 e. The number of rotatable bonds is 6. The number of ether oxygens (including phenoxy) is 1. The second kappa shape index (κ2) is 7.06. The molecule has 2 aromatic rings. The van der Waals surface area contributed by atoms with Crippen molar-refractivity contribution < 1.29 is 9.13 Å². The summed E-state index contributed by atoms with van der Waals surface area (Å²) in [5.74, 6) is 0.0149. The Morgan fingerprint density at radius 2 is 1.85 bits per heavy atom. The van der Waals surface area contributed by atoms with Crippen molar-refractivity contribution in [1.29, 1.82) is 0 Å². The summed E-state index contributed by atoms with van der Waals surface area (Å²) in [7, 11) is 1.48. The van der Waals surface area contributed by atoms with E-state index >= 15 is 0 Å². The minimum absolute atomic E-state index is 0.0306. The van der Waals surface area contributed by atoms with Crippen LogP contribution in [0.5, 0.6) is 5.75 Å². The minimum atomic E-state index is -0.276. The standard InChI is InChI=1S/C17H20FNO/c1-20-16-9-5-8-14(17(16)18)10-11-15(19)12-13-6-3-2-4-7-13/h2-9,15H,10-12,19H2,1H3. The predicted octanol–water partition coefficient (Wildman–Crippen LogP) is 3.34.